The van der Waals surface area contributed by atoms with Crippen molar-refractivity contribution in [1.29, 1.82) is 0 Å². The maximum absolute atomic E-state index is 5.62. The SMILES string of the molecule is Nc1nnnn1CC1(C2CC2)CC1. The quantitative estimate of drug-likeness (QED) is 0.731. The van der Waals surface area contributed by atoms with Crippen LogP contribution in [0.25, 0.3) is 0 Å². The highest BCUT2D eigenvalue weighted by Crippen LogP contribution is 2.62. The molecule has 13 heavy (non-hydrogen) atoms. The average Bonchev–Trinajstić information content (AvgIpc) is 2.97. The minimum atomic E-state index is 0.451. The zero-order valence-electron chi connectivity index (χ0n) is 7.48. The number of nitrogens with two attached hydrogens (primary N) is 1. The highest BCUT2D eigenvalue weighted by atomic mass is 15.6. The molecule has 1 aromatic rings. The highest BCUT2D eigenvalue weighted by Gasteiger charge is 2.54. The van der Waals surface area contributed by atoms with Gasteiger partial charge in [-0.15, -0.1) is 0 Å². The van der Waals surface area contributed by atoms with Gasteiger partial charge in [-0.3, -0.25) is 0 Å². The van der Waals surface area contributed by atoms with Gasteiger partial charge in [0, 0.05) is 0 Å². The molecule has 70 valence electrons. The maximum atomic E-state index is 5.62. The van der Waals surface area contributed by atoms with Crippen molar-refractivity contribution in [3.05, 3.63) is 0 Å². The first-order valence-electron chi connectivity index (χ1n) is 4.82. The van der Waals surface area contributed by atoms with Gasteiger partial charge in [0.05, 0.1) is 6.54 Å². The van der Waals surface area contributed by atoms with Crippen LogP contribution in [0.5, 0.6) is 0 Å². The summed E-state index contributed by atoms with van der Waals surface area (Å²) in [5, 5.41) is 11.1. The van der Waals surface area contributed by atoms with E-state index in [9.17, 15) is 0 Å². The molecule has 0 spiro atoms. The van der Waals surface area contributed by atoms with Crippen LogP contribution < -0.4 is 5.73 Å². The Hall–Kier alpha value is -1.13. The molecule has 5 nitrogen and oxygen atoms in total. The van der Waals surface area contributed by atoms with E-state index in [2.05, 4.69) is 15.5 Å². The molecular weight excluding hydrogens is 166 g/mol. The van der Waals surface area contributed by atoms with E-state index in [1.807, 2.05) is 0 Å². The third-order valence-corrected chi connectivity index (χ3v) is 3.36. The first-order valence-corrected chi connectivity index (χ1v) is 4.82. The molecule has 0 saturated heterocycles. The Kier molecular flexibility index (Phi) is 1.24. The second-order valence-corrected chi connectivity index (χ2v) is 4.33. The van der Waals surface area contributed by atoms with Crippen molar-refractivity contribution in [2.45, 2.75) is 32.2 Å². The highest BCUT2D eigenvalue weighted by molar-refractivity contribution is 5.13. The molecule has 0 aliphatic heterocycles. The number of nitrogen functional groups attached to an aromatic ring is 1. The van der Waals surface area contributed by atoms with E-state index in [4.69, 9.17) is 5.73 Å². The normalized spacial score (nSPS) is 24.6. The summed E-state index contributed by atoms with van der Waals surface area (Å²) in [7, 11) is 0. The molecule has 2 N–H and O–H groups in total. The van der Waals surface area contributed by atoms with Gasteiger partial charge in [-0.25, -0.2) is 4.68 Å². The zero-order chi connectivity index (χ0) is 8.89. The lowest BCUT2D eigenvalue weighted by atomic mass is 10.0. The monoisotopic (exact) mass is 179 g/mol. The molecule has 5 heteroatoms. The minimum absolute atomic E-state index is 0.451. The third-order valence-electron chi connectivity index (χ3n) is 3.36. The van der Waals surface area contributed by atoms with Crippen LogP contribution in [0.3, 0.4) is 0 Å². The first kappa shape index (κ1) is 7.29. The Bertz CT molecular complexity index is 323. The van der Waals surface area contributed by atoms with E-state index in [0.717, 1.165) is 12.5 Å². The molecule has 2 aliphatic rings. The van der Waals surface area contributed by atoms with Crippen molar-refractivity contribution in [3.63, 3.8) is 0 Å². The summed E-state index contributed by atoms with van der Waals surface area (Å²) < 4.78 is 1.74. The number of rotatable bonds is 3. The fourth-order valence-corrected chi connectivity index (χ4v) is 2.17. The standard InChI is InChI=1S/C8H13N5/c9-7-10-11-12-13(7)5-8(3-4-8)6-1-2-6/h6H,1-5H2,(H2,9,10,12). The summed E-state index contributed by atoms with van der Waals surface area (Å²) in [5.74, 6) is 1.38. The predicted molar refractivity (Wildman–Crippen MR) is 46.6 cm³/mol. The molecule has 1 heterocycles. The van der Waals surface area contributed by atoms with Crippen molar-refractivity contribution >= 4 is 5.95 Å². The van der Waals surface area contributed by atoms with E-state index in [-0.39, 0.29) is 0 Å². The minimum Gasteiger partial charge on any atom is -0.367 e. The van der Waals surface area contributed by atoms with Crippen LogP contribution >= 0.6 is 0 Å². The summed E-state index contributed by atoms with van der Waals surface area (Å²) in [6.45, 7) is 0.927. The number of aromatic nitrogens is 4. The molecule has 0 aromatic carbocycles. The molecule has 2 aliphatic carbocycles. The fraction of sp³-hybridized carbons (Fsp3) is 0.875. The molecular formula is C8H13N5. The summed E-state index contributed by atoms with van der Waals surface area (Å²) in [6.07, 6.45) is 5.44. The Morgan fingerprint density at radius 3 is 2.69 bits per heavy atom. The van der Waals surface area contributed by atoms with E-state index < -0.39 is 0 Å². The predicted octanol–water partition coefficient (Wildman–Crippen LogP) is 0.445. The molecule has 0 unspecified atom stereocenters. The van der Waals surface area contributed by atoms with Crippen molar-refractivity contribution in [2.24, 2.45) is 11.3 Å². The van der Waals surface area contributed by atoms with E-state index >= 15 is 0 Å². The van der Waals surface area contributed by atoms with E-state index in [1.54, 1.807) is 4.68 Å². The largest absolute Gasteiger partial charge is 0.367 e. The third kappa shape index (κ3) is 1.10. The Morgan fingerprint density at radius 1 is 1.46 bits per heavy atom. The molecule has 2 fully saturated rings. The second kappa shape index (κ2) is 2.21. The number of anilines is 1. The van der Waals surface area contributed by atoms with Crippen molar-refractivity contribution in [3.8, 4) is 0 Å². The molecule has 0 atom stereocenters. The number of tetrazole rings is 1. The Balaban J connectivity index is 1.78. The van der Waals surface area contributed by atoms with Crippen LogP contribution in [-0.2, 0) is 6.54 Å². The van der Waals surface area contributed by atoms with E-state index in [1.165, 1.54) is 25.7 Å². The van der Waals surface area contributed by atoms with Crippen molar-refractivity contribution in [2.75, 3.05) is 5.73 Å². The van der Waals surface area contributed by atoms with Crippen LogP contribution in [0.15, 0.2) is 0 Å². The summed E-state index contributed by atoms with van der Waals surface area (Å²) in [5.41, 5.74) is 6.14. The summed E-state index contributed by atoms with van der Waals surface area (Å²) in [6, 6.07) is 0. The van der Waals surface area contributed by atoms with Crippen LogP contribution in [0.2, 0.25) is 0 Å². The Morgan fingerprint density at radius 2 is 2.23 bits per heavy atom. The van der Waals surface area contributed by atoms with Gasteiger partial charge in [-0.1, -0.05) is 5.10 Å². The van der Waals surface area contributed by atoms with Gasteiger partial charge in [0.1, 0.15) is 0 Å². The number of nitrogens with zero attached hydrogens (tertiary/aromatic N) is 4. The van der Waals surface area contributed by atoms with E-state index in [0.29, 0.717) is 11.4 Å². The van der Waals surface area contributed by atoms with Crippen LogP contribution in [-0.4, -0.2) is 20.2 Å². The van der Waals surface area contributed by atoms with Gasteiger partial charge < -0.3 is 5.73 Å². The van der Waals surface area contributed by atoms with Crippen LogP contribution in [0, 0.1) is 11.3 Å². The van der Waals surface area contributed by atoms with Gasteiger partial charge >= 0.3 is 0 Å². The molecule has 1 aromatic heterocycles. The smallest absolute Gasteiger partial charge is 0.240 e. The first-order chi connectivity index (χ1) is 6.30. The zero-order valence-corrected chi connectivity index (χ0v) is 7.48. The topological polar surface area (TPSA) is 69.6 Å². The molecule has 0 radical (unpaired) electrons. The van der Waals surface area contributed by atoms with Gasteiger partial charge in [-0.05, 0) is 47.4 Å². The maximum Gasteiger partial charge on any atom is 0.240 e. The average molecular weight is 179 g/mol. The van der Waals surface area contributed by atoms with Gasteiger partial charge in [-0.2, -0.15) is 0 Å². The summed E-state index contributed by atoms with van der Waals surface area (Å²) >= 11 is 0. The van der Waals surface area contributed by atoms with Gasteiger partial charge in [0.2, 0.25) is 5.95 Å². The Labute approximate surface area is 76.3 Å². The van der Waals surface area contributed by atoms with Crippen molar-refractivity contribution in [1.82, 2.24) is 20.2 Å². The molecule has 2 saturated carbocycles. The molecule has 0 bridgehead atoms. The van der Waals surface area contributed by atoms with Crippen molar-refractivity contribution < 1.29 is 0 Å². The second-order valence-electron chi connectivity index (χ2n) is 4.33. The number of hydrogen-bond acceptors (Lipinski definition) is 4. The lowest BCUT2D eigenvalue weighted by Crippen LogP contribution is -2.16. The molecule has 3 rings (SSSR count). The fourth-order valence-electron chi connectivity index (χ4n) is 2.17. The van der Waals surface area contributed by atoms with Gasteiger partial charge in [0.25, 0.3) is 0 Å². The van der Waals surface area contributed by atoms with Gasteiger partial charge in [0.15, 0.2) is 0 Å². The molecule has 0 amide bonds. The van der Waals surface area contributed by atoms with Crippen LogP contribution in [0.1, 0.15) is 25.7 Å². The lowest BCUT2D eigenvalue weighted by molar-refractivity contribution is 0.349. The lowest BCUT2D eigenvalue weighted by Gasteiger charge is -2.12. The summed E-state index contributed by atoms with van der Waals surface area (Å²) in [4.78, 5) is 0. The number of hydrogen-bond donors (Lipinski definition) is 1. The van der Waals surface area contributed by atoms with Crippen LogP contribution in [0.4, 0.5) is 5.95 Å².